The van der Waals surface area contributed by atoms with Gasteiger partial charge in [0.25, 0.3) is 0 Å². The number of nitrogens with one attached hydrogen (secondary N) is 1. The number of halogens is 1. The molecule has 0 aliphatic rings. The fraction of sp³-hybridized carbons (Fsp3) is 0.273. The third-order valence-corrected chi connectivity index (χ3v) is 2.46. The summed E-state index contributed by atoms with van der Waals surface area (Å²) < 4.78 is 6.17. The Labute approximate surface area is 93.1 Å². The highest BCUT2D eigenvalue weighted by molar-refractivity contribution is 9.10. The molecule has 76 valence electrons. The summed E-state index contributed by atoms with van der Waals surface area (Å²) in [7, 11) is 3.59. The first kappa shape index (κ1) is 11.3. The lowest BCUT2D eigenvalue weighted by Crippen LogP contribution is -2.03. The van der Waals surface area contributed by atoms with E-state index in [0.29, 0.717) is 0 Å². The van der Waals surface area contributed by atoms with Crippen LogP contribution in [0.15, 0.2) is 28.7 Å². The molecule has 0 radical (unpaired) electrons. The van der Waals surface area contributed by atoms with E-state index >= 15 is 0 Å². The number of methoxy groups -OCH3 is 1. The van der Waals surface area contributed by atoms with Gasteiger partial charge in [-0.05, 0) is 40.7 Å². The maximum atomic E-state index is 5.20. The molecule has 0 aliphatic heterocycles. The van der Waals surface area contributed by atoms with E-state index in [0.717, 1.165) is 22.3 Å². The van der Waals surface area contributed by atoms with Crippen LogP contribution in [0.3, 0.4) is 0 Å². The van der Waals surface area contributed by atoms with Gasteiger partial charge in [0.05, 0.1) is 11.6 Å². The van der Waals surface area contributed by atoms with Gasteiger partial charge in [-0.2, -0.15) is 0 Å². The predicted molar refractivity (Wildman–Crippen MR) is 63.7 cm³/mol. The van der Waals surface area contributed by atoms with E-state index in [-0.39, 0.29) is 0 Å². The van der Waals surface area contributed by atoms with Gasteiger partial charge in [-0.3, -0.25) is 0 Å². The van der Waals surface area contributed by atoms with Crippen molar-refractivity contribution < 1.29 is 4.74 Å². The van der Waals surface area contributed by atoms with Crippen LogP contribution in [0, 0.1) is 0 Å². The molecule has 1 aromatic rings. The number of ether oxygens (including phenoxy) is 1. The highest BCUT2D eigenvalue weighted by Gasteiger charge is 1.98. The Morgan fingerprint density at radius 3 is 2.93 bits per heavy atom. The number of likely N-dealkylation sites (N-methyl/N-ethyl adjacent to an activating group) is 1. The molecule has 0 spiro atoms. The molecular formula is C11H14BrNO. The van der Waals surface area contributed by atoms with Gasteiger partial charge >= 0.3 is 0 Å². The lowest BCUT2D eigenvalue weighted by Gasteiger charge is -2.03. The Hall–Kier alpha value is -0.800. The van der Waals surface area contributed by atoms with Crippen molar-refractivity contribution in [3.05, 3.63) is 34.3 Å². The average molecular weight is 256 g/mol. The molecule has 0 aromatic heterocycles. The van der Waals surface area contributed by atoms with Crippen molar-refractivity contribution in [2.75, 3.05) is 20.7 Å². The third-order valence-electron chi connectivity index (χ3n) is 1.81. The topological polar surface area (TPSA) is 21.3 Å². The molecule has 0 aliphatic carbocycles. The normalized spacial score (nSPS) is 10.8. The zero-order valence-electron chi connectivity index (χ0n) is 8.38. The Morgan fingerprint density at radius 1 is 1.50 bits per heavy atom. The summed E-state index contributed by atoms with van der Waals surface area (Å²) in [6.07, 6.45) is 4.13. The quantitative estimate of drug-likeness (QED) is 0.894. The van der Waals surface area contributed by atoms with Crippen LogP contribution in [-0.4, -0.2) is 20.7 Å². The minimum Gasteiger partial charge on any atom is -0.496 e. The second-order valence-corrected chi connectivity index (χ2v) is 3.71. The Kier molecular flexibility index (Phi) is 4.70. The molecule has 0 fully saturated rings. The van der Waals surface area contributed by atoms with E-state index in [1.54, 1.807) is 7.11 Å². The van der Waals surface area contributed by atoms with Crippen LogP contribution in [0.25, 0.3) is 6.08 Å². The summed E-state index contributed by atoms with van der Waals surface area (Å²) >= 11 is 3.41. The minimum absolute atomic E-state index is 0.858. The fourth-order valence-electron chi connectivity index (χ4n) is 1.09. The van der Waals surface area contributed by atoms with E-state index in [9.17, 15) is 0 Å². The monoisotopic (exact) mass is 255 g/mol. The van der Waals surface area contributed by atoms with Crippen molar-refractivity contribution >= 4 is 22.0 Å². The standard InChI is InChI=1S/C11H14BrNO/c1-13-7-3-4-9-5-6-10(12)11(8-9)14-2/h3-6,8,13H,7H2,1-2H3. The average Bonchev–Trinajstić information content (AvgIpc) is 2.21. The van der Waals surface area contributed by atoms with Crippen LogP contribution < -0.4 is 10.1 Å². The summed E-state index contributed by atoms with van der Waals surface area (Å²) in [5.74, 6) is 0.858. The van der Waals surface area contributed by atoms with Crippen molar-refractivity contribution in [3.63, 3.8) is 0 Å². The zero-order chi connectivity index (χ0) is 10.4. The molecule has 1 aromatic carbocycles. The predicted octanol–water partition coefficient (Wildman–Crippen LogP) is 2.69. The molecule has 1 N–H and O–H groups in total. The first-order chi connectivity index (χ1) is 6.77. The molecule has 14 heavy (non-hydrogen) atoms. The van der Waals surface area contributed by atoms with Crippen molar-refractivity contribution in [2.24, 2.45) is 0 Å². The van der Waals surface area contributed by atoms with E-state index < -0.39 is 0 Å². The number of rotatable bonds is 4. The summed E-state index contributed by atoms with van der Waals surface area (Å²) in [5, 5.41) is 3.05. The van der Waals surface area contributed by atoms with Crippen LogP contribution in [0.1, 0.15) is 5.56 Å². The third kappa shape index (κ3) is 3.16. The summed E-state index contributed by atoms with van der Waals surface area (Å²) in [5.41, 5.74) is 1.14. The van der Waals surface area contributed by atoms with Crippen molar-refractivity contribution in [3.8, 4) is 5.75 Å². The molecule has 0 amide bonds. The first-order valence-electron chi connectivity index (χ1n) is 4.42. The molecule has 0 saturated carbocycles. The summed E-state index contributed by atoms with van der Waals surface area (Å²) in [6, 6.07) is 6.02. The van der Waals surface area contributed by atoms with E-state index in [2.05, 4.69) is 33.4 Å². The lowest BCUT2D eigenvalue weighted by atomic mass is 10.2. The maximum absolute atomic E-state index is 5.20. The van der Waals surface area contributed by atoms with Crippen molar-refractivity contribution in [1.29, 1.82) is 0 Å². The van der Waals surface area contributed by atoms with Crippen LogP contribution in [-0.2, 0) is 0 Å². The van der Waals surface area contributed by atoms with E-state index in [1.807, 2.05) is 25.2 Å². The molecule has 2 nitrogen and oxygen atoms in total. The van der Waals surface area contributed by atoms with Crippen LogP contribution in [0.2, 0.25) is 0 Å². The molecule has 0 unspecified atom stereocenters. The zero-order valence-corrected chi connectivity index (χ0v) is 9.97. The SMILES string of the molecule is CNCC=Cc1ccc(Br)c(OC)c1. The molecule has 0 atom stereocenters. The molecular weight excluding hydrogens is 242 g/mol. The van der Waals surface area contributed by atoms with E-state index in [4.69, 9.17) is 4.74 Å². The first-order valence-corrected chi connectivity index (χ1v) is 5.22. The van der Waals surface area contributed by atoms with Gasteiger partial charge in [0.1, 0.15) is 5.75 Å². The molecule has 0 bridgehead atoms. The Balaban J connectivity index is 2.79. The van der Waals surface area contributed by atoms with E-state index in [1.165, 1.54) is 0 Å². The molecule has 0 heterocycles. The highest BCUT2D eigenvalue weighted by Crippen LogP contribution is 2.25. The van der Waals surface area contributed by atoms with Crippen LogP contribution >= 0.6 is 15.9 Å². The van der Waals surface area contributed by atoms with Gasteiger partial charge in [0, 0.05) is 6.54 Å². The second-order valence-electron chi connectivity index (χ2n) is 2.85. The maximum Gasteiger partial charge on any atom is 0.133 e. The number of benzene rings is 1. The number of hydrogen-bond donors (Lipinski definition) is 1. The Bertz CT molecular complexity index is 323. The molecule has 0 saturated heterocycles. The van der Waals surface area contributed by atoms with Gasteiger partial charge in [-0.25, -0.2) is 0 Å². The fourth-order valence-corrected chi connectivity index (χ4v) is 1.50. The van der Waals surface area contributed by atoms with Gasteiger partial charge in [0.2, 0.25) is 0 Å². The minimum atomic E-state index is 0.858. The van der Waals surface area contributed by atoms with Crippen LogP contribution in [0.5, 0.6) is 5.75 Å². The summed E-state index contributed by atoms with van der Waals surface area (Å²) in [6.45, 7) is 0.873. The molecule has 1 rings (SSSR count). The smallest absolute Gasteiger partial charge is 0.133 e. The van der Waals surface area contributed by atoms with Crippen LogP contribution in [0.4, 0.5) is 0 Å². The van der Waals surface area contributed by atoms with Gasteiger partial charge < -0.3 is 10.1 Å². The largest absolute Gasteiger partial charge is 0.496 e. The van der Waals surface area contributed by atoms with Gasteiger partial charge in [0.15, 0.2) is 0 Å². The molecule has 3 heteroatoms. The highest BCUT2D eigenvalue weighted by atomic mass is 79.9. The number of hydrogen-bond acceptors (Lipinski definition) is 2. The second kappa shape index (κ2) is 5.83. The summed E-state index contributed by atoms with van der Waals surface area (Å²) in [4.78, 5) is 0. The van der Waals surface area contributed by atoms with Gasteiger partial charge in [-0.1, -0.05) is 18.2 Å². The van der Waals surface area contributed by atoms with Crippen molar-refractivity contribution in [1.82, 2.24) is 5.32 Å². The Morgan fingerprint density at radius 2 is 2.29 bits per heavy atom. The van der Waals surface area contributed by atoms with Crippen molar-refractivity contribution in [2.45, 2.75) is 0 Å². The van der Waals surface area contributed by atoms with Gasteiger partial charge in [-0.15, -0.1) is 0 Å². The lowest BCUT2D eigenvalue weighted by molar-refractivity contribution is 0.412.